The Bertz CT molecular complexity index is 515. The summed E-state index contributed by atoms with van der Waals surface area (Å²) < 4.78 is 5.96. The van der Waals surface area contributed by atoms with Crippen molar-refractivity contribution < 1.29 is 9.53 Å². The molecular formula is C14H14ClNO2. The average molecular weight is 264 g/mol. The zero-order chi connectivity index (χ0) is 12.6. The molecule has 0 radical (unpaired) electrons. The first-order chi connectivity index (χ1) is 8.73. The highest BCUT2D eigenvalue weighted by molar-refractivity contribution is 6.30. The van der Waals surface area contributed by atoms with E-state index in [1.54, 1.807) is 6.08 Å². The van der Waals surface area contributed by atoms with Gasteiger partial charge < -0.3 is 4.74 Å². The molecule has 0 atom stereocenters. The Labute approximate surface area is 111 Å². The molecular weight excluding hydrogens is 250 g/mol. The predicted molar refractivity (Wildman–Crippen MR) is 68.8 cm³/mol. The Morgan fingerprint density at radius 2 is 2.17 bits per heavy atom. The second-order valence-electron chi connectivity index (χ2n) is 5.05. The van der Waals surface area contributed by atoms with Crippen molar-refractivity contribution in [2.24, 2.45) is 4.99 Å². The minimum Gasteiger partial charge on any atom is -0.490 e. The topological polar surface area (TPSA) is 38.7 Å². The maximum absolute atomic E-state index is 10.6. The lowest BCUT2D eigenvalue weighted by molar-refractivity contribution is 0.118. The Balaban J connectivity index is 1.95. The molecule has 0 heterocycles. The molecule has 0 bridgehead atoms. The van der Waals surface area contributed by atoms with Gasteiger partial charge in [-0.1, -0.05) is 11.6 Å². The number of benzene rings is 1. The van der Waals surface area contributed by atoms with Gasteiger partial charge in [0.25, 0.3) is 0 Å². The number of rotatable bonds is 4. The number of hydrogen-bond acceptors (Lipinski definition) is 3. The molecule has 4 heteroatoms. The van der Waals surface area contributed by atoms with Crippen LogP contribution in [0.25, 0.3) is 0 Å². The molecule has 1 aromatic carbocycles. The van der Waals surface area contributed by atoms with Crippen molar-refractivity contribution in [2.75, 3.05) is 0 Å². The van der Waals surface area contributed by atoms with E-state index < -0.39 is 5.54 Å². The summed E-state index contributed by atoms with van der Waals surface area (Å²) in [5.74, 6) is 0.820. The lowest BCUT2D eigenvalue weighted by atomic mass is 9.95. The molecule has 0 spiro atoms. The lowest BCUT2D eigenvalue weighted by Crippen LogP contribution is -2.25. The fraction of sp³-hybridized carbons (Fsp3) is 0.500. The van der Waals surface area contributed by atoms with E-state index in [4.69, 9.17) is 16.3 Å². The minimum absolute atomic E-state index is 0.306. The van der Waals surface area contributed by atoms with Gasteiger partial charge in [0.15, 0.2) is 0 Å². The van der Waals surface area contributed by atoms with Gasteiger partial charge in [0.05, 0.1) is 6.10 Å². The third-order valence-electron chi connectivity index (χ3n) is 3.77. The van der Waals surface area contributed by atoms with Crippen molar-refractivity contribution >= 4 is 17.7 Å². The van der Waals surface area contributed by atoms with Crippen LogP contribution < -0.4 is 4.74 Å². The second-order valence-corrected chi connectivity index (χ2v) is 5.48. The molecule has 0 amide bonds. The zero-order valence-electron chi connectivity index (χ0n) is 9.99. The maximum atomic E-state index is 10.6. The van der Waals surface area contributed by atoms with Crippen LogP contribution in [0.3, 0.4) is 0 Å². The van der Waals surface area contributed by atoms with Gasteiger partial charge in [0.1, 0.15) is 11.3 Å². The van der Waals surface area contributed by atoms with Gasteiger partial charge in [0, 0.05) is 10.6 Å². The van der Waals surface area contributed by atoms with Gasteiger partial charge in [-0.2, -0.15) is 4.99 Å². The number of hydrogen-bond donors (Lipinski definition) is 0. The minimum atomic E-state index is -0.425. The van der Waals surface area contributed by atoms with Crippen molar-refractivity contribution in [3.05, 3.63) is 28.8 Å². The molecule has 2 aliphatic rings. The lowest BCUT2D eigenvalue weighted by Gasteiger charge is -2.28. The van der Waals surface area contributed by atoms with Gasteiger partial charge in [0.2, 0.25) is 6.08 Å². The summed E-state index contributed by atoms with van der Waals surface area (Å²) in [4.78, 5) is 14.5. The Morgan fingerprint density at radius 3 is 2.72 bits per heavy atom. The van der Waals surface area contributed by atoms with Crippen LogP contribution in [0.2, 0.25) is 5.02 Å². The van der Waals surface area contributed by atoms with Crippen LogP contribution in [0, 0.1) is 0 Å². The number of isocyanates is 1. The maximum Gasteiger partial charge on any atom is 0.235 e. The molecule has 2 fully saturated rings. The molecule has 2 aliphatic carbocycles. The van der Waals surface area contributed by atoms with Crippen molar-refractivity contribution in [3.8, 4) is 5.75 Å². The molecule has 18 heavy (non-hydrogen) atoms. The van der Waals surface area contributed by atoms with Crippen LogP contribution in [0.15, 0.2) is 23.2 Å². The summed E-state index contributed by atoms with van der Waals surface area (Å²) in [6.07, 6.45) is 7.14. The third-order valence-corrected chi connectivity index (χ3v) is 4.01. The zero-order valence-corrected chi connectivity index (χ0v) is 10.7. The number of halogens is 1. The molecule has 94 valence electrons. The summed E-state index contributed by atoms with van der Waals surface area (Å²) in [7, 11) is 0. The predicted octanol–water partition coefficient (Wildman–Crippen LogP) is 3.60. The fourth-order valence-corrected chi connectivity index (χ4v) is 2.46. The number of nitrogens with zero attached hydrogens (tertiary/aromatic N) is 1. The average Bonchev–Trinajstić information content (AvgIpc) is 3.06. The molecule has 3 nitrogen and oxygen atoms in total. The van der Waals surface area contributed by atoms with E-state index >= 15 is 0 Å². The van der Waals surface area contributed by atoms with Gasteiger partial charge in [-0.3, -0.25) is 0 Å². The molecule has 0 N–H and O–H groups in total. The highest BCUT2D eigenvalue weighted by atomic mass is 35.5. The summed E-state index contributed by atoms with van der Waals surface area (Å²) >= 11 is 6.04. The van der Waals surface area contributed by atoms with Gasteiger partial charge in [-0.15, -0.1) is 0 Å². The highest BCUT2D eigenvalue weighted by Gasteiger charge is 2.47. The van der Waals surface area contributed by atoms with Crippen molar-refractivity contribution in [2.45, 2.75) is 43.7 Å². The Kier molecular flexibility index (Phi) is 2.89. The summed E-state index contributed by atoms with van der Waals surface area (Å²) in [5.41, 5.74) is 0.511. The quantitative estimate of drug-likeness (QED) is 0.615. The SMILES string of the molecule is O=C=NC1(c2cc(Cl)ccc2OC2CCC2)CC1. The van der Waals surface area contributed by atoms with Crippen LogP contribution >= 0.6 is 11.6 Å². The van der Waals surface area contributed by atoms with Crippen LogP contribution in [-0.4, -0.2) is 12.2 Å². The van der Waals surface area contributed by atoms with E-state index in [0.29, 0.717) is 11.1 Å². The molecule has 3 rings (SSSR count). The summed E-state index contributed by atoms with van der Waals surface area (Å²) in [6, 6.07) is 5.57. The molecule has 0 aliphatic heterocycles. The number of carbonyl (C=O) groups excluding carboxylic acids is 1. The van der Waals surface area contributed by atoms with Crippen LogP contribution in [0.1, 0.15) is 37.7 Å². The first-order valence-corrected chi connectivity index (χ1v) is 6.67. The standard InChI is InChI=1S/C14H14ClNO2/c15-10-4-5-13(18-11-2-1-3-11)12(8-10)14(6-7-14)16-9-17/h4-5,8,11H,1-3,6-7H2. The molecule has 0 unspecified atom stereocenters. The monoisotopic (exact) mass is 263 g/mol. The van der Waals surface area contributed by atoms with Crippen molar-refractivity contribution in [1.29, 1.82) is 0 Å². The summed E-state index contributed by atoms with van der Waals surface area (Å²) in [6.45, 7) is 0. The largest absolute Gasteiger partial charge is 0.490 e. The van der Waals surface area contributed by atoms with Gasteiger partial charge >= 0.3 is 0 Å². The molecule has 0 aromatic heterocycles. The highest BCUT2D eigenvalue weighted by Crippen LogP contribution is 2.53. The first kappa shape index (κ1) is 11.8. The van der Waals surface area contributed by atoms with Crippen LogP contribution in [0.4, 0.5) is 0 Å². The van der Waals surface area contributed by atoms with Gasteiger partial charge in [-0.25, -0.2) is 4.79 Å². The first-order valence-electron chi connectivity index (χ1n) is 6.29. The van der Waals surface area contributed by atoms with Crippen molar-refractivity contribution in [1.82, 2.24) is 0 Å². The Hall–Kier alpha value is -1.31. The van der Waals surface area contributed by atoms with E-state index in [9.17, 15) is 4.79 Å². The van der Waals surface area contributed by atoms with E-state index in [2.05, 4.69) is 4.99 Å². The van der Waals surface area contributed by atoms with E-state index in [1.165, 1.54) is 6.42 Å². The van der Waals surface area contributed by atoms with Crippen LogP contribution in [0.5, 0.6) is 5.75 Å². The van der Waals surface area contributed by atoms with Crippen LogP contribution in [-0.2, 0) is 10.3 Å². The third kappa shape index (κ3) is 2.05. The Morgan fingerprint density at radius 1 is 1.39 bits per heavy atom. The molecule has 2 saturated carbocycles. The van der Waals surface area contributed by atoms with E-state index in [-0.39, 0.29) is 0 Å². The normalized spacial score (nSPS) is 20.7. The smallest absolute Gasteiger partial charge is 0.235 e. The number of aliphatic imine (C=N–C) groups is 1. The summed E-state index contributed by atoms with van der Waals surface area (Å²) in [5, 5.41) is 0.651. The van der Waals surface area contributed by atoms with Crippen molar-refractivity contribution in [3.63, 3.8) is 0 Å². The number of ether oxygens (including phenoxy) is 1. The van der Waals surface area contributed by atoms with Gasteiger partial charge in [-0.05, 0) is 50.3 Å². The molecule has 1 aromatic rings. The van der Waals surface area contributed by atoms with E-state index in [0.717, 1.165) is 37.0 Å². The molecule has 0 saturated heterocycles. The van der Waals surface area contributed by atoms with E-state index in [1.807, 2.05) is 18.2 Å². The fourth-order valence-electron chi connectivity index (χ4n) is 2.28. The second kappa shape index (κ2) is 4.42.